The van der Waals surface area contributed by atoms with E-state index in [0.29, 0.717) is 0 Å². The van der Waals surface area contributed by atoms with Crippen molar-refractivity contribution in [2.75, 3.05) is 26.2 Å². The standard InChI is InChI=1S/C11H17F2N3O/c12-11(13)8-16(5-6-17)10(7-14)9-1-3-15-4-2-9/h1-4,10-11,17H,5-8,14H2. The van der Waals surface area contributed by atoms with E-state index in [-0.39, 0.29) is 25.7 Å². The van der Waals surface area contributed by atoms with Gasteiger partial charge < -0.3 is 10.8 Å². The lowest BCUT2D eigenvalue weighted by molar-refractivity contribution is 0.0562. The molecule has 1 heterocycles. The molecule has 1 atom stereocenters. The molecule has 6 heteroatoms. The Morgan fingerprint density at radius 1 is 1.35 bits per heavy atom. The van der Waals surface area contributed by atoms with E-state index in [9.17, 15) is 8.78 Å². The van der Waals surface area contributed by atoms with Crippen molar-refractivity contribution in [2.24, 2.45) is 5.73 Å². The van der Waals surface area contributed by atoms with Crippen LogP contribution in [0, 0.1) is 0 Å². The van der Waals surface area contributed by atoms with Crippen molar-refractivity contribution in [3.8, 4) is 0 Å². The number of aromatic nitrogens is 1. The van der Waals surface area contributed by atoms with Crippen LogP contribution in [0.1, 0.15) is 11.6 Å². The summed E-state index contributed by atoms with van der Waals surface area (Å²) in [6, 6.07) is 3.17. The number of nitrogens with two attached hydrogens (primary N) is 1. The van der Waals surface area contributed by atoms with E-state index < -0.39 is 13.0 Å². The van der Waals surface area contributed by atoms with Crippen LogP contribution in [-0.4, -0.2) is 47.7 Å². The zero-order valence-corrected chi connectivity index (χ0v) is 9.47. The number of nitrogens with zero attached hydrogens (tertiary/aromatic N) is 2. The third-order valence-electron chi connectivity index (χ3n) is 2.51. The molecule has 0 saturated carbocycles. The van der Waals surface area contributed by atoms with Crippen molar-refractivity contribution < 1.29 is 13.9 Å². The summed E-state index contributed by atoms with van der Waals surface area (Å²) in [5.74, 6) is 0. The van der Waals surface area contributed by atoms with Crippen LogP contribution in [0.2, 0.25) is 0 Å². The molecule has 0 fully saturated rings. The highest BCUT2D eigenvalue weighted by Crippen LogP contribution is 2.19. The molecule has 0 radical (unpaired) electrons. The van der Waals surface area contributed by atoms with Crippen molar-refractivity contribution in [3.05, 3.63) is 30.1 Å². The Bertz CT molecular complexity index is 311. The van der Waals surface area contributed by atoms with Crippen molar-refractivity contribution in [2.45, 2.75) is 12.5 Å². The van der Waals surface area contributed by atoms with E-state index in [1.54, 1.807) is 24.5 Å². The second kappa shape index (κ2) is 7.26. The summed E-state index contributed by atoms with van der Waals surface area (Å²) in [5.41, 5.74) is 6.45. The molecule has 0 aromatic carbocycles. The van der Waals surface area contributed by atoms with E-state index >= 15 is 0 Å². The first-order chi connectivity index (χ1) is 8.19. The number of aliphatic hydroxyl groups is 1. The van der Waals surface area contributed by atoms with E-state index in [0.717, 1.165) is 5.56 Å². The van der Waals surface area contributed by atoms with Gasteiger partial charge in [-0.05, 0) is 17.7 Å². The van der Waals surface area contributed by atoms with Gasteiger partial charge in [-0.3, -0.25) is 9.88 Å². The Morgan fingerprint density at radius 3 is 2.47 bits per heavy atom. The summed E-state index contributed by atoms with van der Waals surface area (Å²) < 4.78 is 24.9. The van der Waals surface area contributed by atoms with Gasteiger partial charge in [0.15, 0.2) is 0 Å². The van der Waals surface area contributed by atoms with E-state index in [4.69, 9.17) is 10.8 Å². The van der Waals surface area contributed by atoms with Crippen LogP contribution in [0.15, 0.2) is 24.5 Å². The maximum Gasteiger partial charge on any atom is 0.251 e. The first-order valence-corrected chi connectivity index (χ1v) is 5.42. The fourth-order valence-electron chi connectivity index (χ4n) is 1.76. The van der Waals surface area contributed by atoms with Gasteiger partial charge in [-0.2, -0.15) is 0 Å². The molecule has 0 aliphatic carbocycles. The van der Waals surface area contributed by atoms with Crippen molar-refractivity contribution in [1.82, 2.24) is 9.88 Å². The lowest BCUT2D eigenvalue weighted by atomic mass is 10.1. The Hall–Kier alpha value is -1.11. The molecule has 0 aliphatic rings. The summed E-state index contributed by atoms with van der Waals surface area (Å²) in [7, 11) is 0. The molecule has 0 amide bonds. The first-order valence-electron chi connectivity index (χ1n) is 5.42. The predicted octanol–water partition coefficient (Wildman–Crippen LogP) is 0.641. The highest BCUT2D eigenvalue weighted by Gasteiger charge is 2.21. The molecule has 0 spiro atoms. The average molecular weight is 245 g/mol. The summed E-state index contributed by atoms with van der Waals surface area (Å²) in [4.78, 5) is 5.36. The highest BCUT2D eigenvalue weighted by atomic mass is 19.3. The minimum absolute atomic E-state index is 0.172. The normalized spacial score (nSPS) is 13.3. The van der Waals surface area contributed by atoms with Crippen LogP contribution in [0.5, 0.6) is 0 Å². The van der Waals surface area contributed by atoms with Crippen LogP contribution < -0.4 is 5.73 Å². The number of rotatable bonds is 7. The molecule has 4 nitrogen and oxygen atoms in total. The Morgan fingerprint density at radius 2 is 2.00 bits per heavy atom. The average Bonchev–Trinajstić information content (AvgIpc) is 2.31. The molecule has 0 saturated heterocycles. The van der Waals surface area contributed by atoms with Crippen LogP contribution in [0.25, 0.3) is 0 Å². The maximum absolute atomic E-state index is 12.4. The molecule has 96 valence electrons. The van der Waals surface area contributed by atoms with Gasteiger partial charge in [0.05, 0.1) is 13.2 Å². The first kappa shape index (κ1) is 14.0. The maximum atomic E-state index is 12.4. The predicted molar refractivity (Wildman–Crippen MR) is 60.7 cm³/mol. The summed E-state index contributed by atoms with van der Waals surface area (Å²) in [5, 5.41) is 8.90. The topological polar surface area (TPSA) is 62.4 Å². The lowest BCUT2D eigenvalue weighted by Crippen LogP contribution is -2.38. The number of aliphatic hydroxyl groups excluding tert-OH is 1. The van der Waals surface area contributed by atoms with Gasteiger partial charge in [-0.25, -0.2) is 8.78 Å². The summed E-state index contributed by atoms with van der Waals surface area (Å²) in [6.07, 6.45) is 0.743. The Kier molecular flexibility index (Phi) is 5.96. The largest absolute Gasteiger partial charge is 0.395 e. The molecule has 1 rings (SSSR count). The summed E-state index contributed by atoms with van der Waals surface area (Å²) >= 11 is 0. The van der Waals surface area contributed by atoms with Crippen LogP contribution in [0.3, 0.4) is 0 Å². The fraction of sp³-hybridized carbons (Fsp3) is 0.545. The molecule has 1 aromatic rings. The van der Waals surface area contributed by atoms with E-state index in [1.165, 1.54) is 4.90 Å². The van der Waals surface area contributed by atoms with Crippen molar-refractivity contribution in [3.63, 3.8) is 0 Å². The third-order valence-corrected chi connectivity index (χ3v) is 2.51. The van der Waals surface area contributed by atoms with Gasteiger partial charge >= 0.3 is 0 Å². The quantitative estimate of drug-likeness (QED) is 0.740. The SMILES string of the molecule is NCC(c1ccncc1)N(CCO)CC(F)F. The zero-order chi connectivity index (χ0) is 12.7. The third kappa shape index (κ3) is 4.33. The number of halogens is 2. The second-order valence-electron chi connectivity index (χ2n) is 3.64. The van der Waals surface area contributed by atoms with Gasteiger partial charge in [0.25, 0.3) is 6.43 Å². The summed E-state index contributed by atoms with van der Waals surface area (Å²) in [6.45, 7) is -0.176. The van der Waals surface area contributed by atoms with E-state index in [1.807, 2.05) is 0 Å². The van der Waals surface area contributed by atoms with Crippen LogP contribution in [0.4, 0.5) is 8.78 Å². The van der Waals surface area contributed by atoms with Crippen LogP contribution >= 0.6 is 0 Å². The fourth-order valence-corrected chi connectivity index (χ4v) is 1.76. The van der Waals surface area contributed by atoms with Gasteiger partial charge in [-0.15, -0.1) is 0 Å². The van der Waals surface area contributed by atoms with Gasteiger partial charge in [-0.1, -0.05) is 0 Å². The number of hydrogen-bond donors (Lipinski definition) is 2. The number of hydrogen-bond acceptors (Lipinski definition) is 4. The van der Waals surface area contributed by atoms with Crippen LogP contribution in [-0.2, 0) is 0 Å². The molecule has 17 heavy (non-hydrogen) atoms. The Labute approximate surface area is 99.1 Å². The van der Waals surface area contributed by atoms with Crippen molar-refractivity contribution >= 4 is 0 Å². The minimum atomic E-state index is -2.45. The molecule has 3 N–H and O–H groups in total. The van der Waals surface area contributed by atoms with Gasteiger partial charge in [0.2, 0.25) is 0 Å². The number of pyridine rings is 1. The smallest absolute Gasteiger partial charge is 0.251 e. The zero-order valence-electron chi connectivity index (χ0n) is 9.47. The molecule has 0 aliphatic heterocycles. The van der Waals surface area contributed by atoms with Gasteiger partial charge in [0.1, 0.15) is 0 Å². The second-order valence-corrected chi connectivity index (χ2v) is 3.64. The minimum Gasteiger partial charge on any atom is -0.395 e. The molecular formula is C11H17F2N3O. The molecule has 0 bridgehead atoms. The molecule has 1 aromatic heterocycles. The molecular weight excluding hydrogens is 228 g/mol. The molecule has 1 unspecified atom stereocenters. The van der Waals surface area contributed by atoms with Gasteiger partial charge in [0, 0.05) is 31.5 Å². The lowest BCUT2D eigenvalue weighted by Gasteiger charge is -2.30. The van der Waals surface area contributed by atoms with Crippen molar-refractivity contribution in [1.29, 1.82) is 0 Å². The van der Waals surface area contributed by atoms with E-state index in [2.05, 4.69) is 4.98 Å². The highest BCUT2D eigenvalue weighted by molar-refractivity contribution is 5.15. The monoisotopic (exact) mass is 245 g/mol. The number of alkyl halides is 2. The Balaban J connectivity index is 2.81.